The molecule has 0 bridgehead atoms. The van der Waals surface area contributed by atoms with Crippen molar-refractivity contribution in [2.75, 3.05) is 25.7 Å². The van der Waals surface area contributed by atoms with E-state index in [1.807, 2.05) is 6.07 Å². The zero-order valence-electron chi connectivity index (χ0n) is 11.9. The third kappa shape index (κ3) is 4.07. The number of hydrogen-bond acceptors (Lipinski definition) is 4. The Kier molecular flexibility index (Phi) is 5.92. The van der Waals surface area contributed by atoms with E-state index in [0.29, 0.717) is 11.3 Å². The molecule has 0 aromatic heterocycles. The topological polar surface area (TPSA) is 21.3 Å². The highest BCUT2D eigenvalue weighted by molar-refractivity contribution is 8.07. The lowest BCUT2D eigenvalue weighted by atomic mass is 10.0. The van der Waals surface area contributed by atoms with Gasteiger partial charge in [0.25, 0.3) is 0 Å². The predicted molar refractivity (Wildman–Crippen MR) is 87.7 cm³/mol. The summed E-state index contributed by atoms with van der Waals surface area (Å²) in [4.78, 5) is 0. The van der Waals surface area contributed by atoms with Crippen LogP contribution in [0, 0.1) is 0 Å². The summed E-state index contributed by atoms with van der Waals surface area (Å²) >= 11 is 4.22. The molecule has 2 nitrogen and oxygen atoms in total. The molecule has 106 valence electrons. The molecule has 0 saturated carbocycles. The van der Waals surface area contributed by atoms with E-state index in [-0.39, 0.29) is 0 Å². The van der Waals surface area contributed by atoms with Gasteiger partial charge in [-0.2, -0.15) is 23.5 Å². The number of hydrogen-bond donors (Lipinski definition) is 1. The summed E-state index contributed by atoms with van der Waals surface area (Å²) in [6, 6.07) is 8.95. The summed E-state index contributed by atoms with van der Waals surface area (Å²) < 4.78 is 5.31. The highest BCUT2D eigenvalue weighted by atomic mass is 32.2. The Morgan fingerprint density at radius 2 is 2.16 bits per heavy atom. The number of thioether (sulfide) groups is 2. The Morgan fingerprint density at radius 3 is 2.84 bits per heavy atom. The summed E-state index contributed by atoms with van der Waals surface area (Å²) in [6.07, 6.45) is 1.07. The average molecular weight is 297 g/mol. The van der Waals surface area contributed by atoms with Crippen molar-refractivity contribution in [1.29, 1.82) is 0 Å². The van der Waals surface area contributed by atoms with Crippen molar-refractivity contribution in [3.63, 3.8) is 0 Å². The maximum absolute atomic E-state index is 5.31. The number of nitrogens with one attached hydrogen (secondary N) is 1. The van der Waals surface area contributed by atoms with Gasteiger partial charge in [0.1, 0.15) is 5.75 Å². The normalized spacial score (nSPS) is 25.0. The fourth-order valence-electron chi connectivity index (χ4n) is 2.53. The molecular formula is C15H23NOS2. The molecule has 1 aliphatic rings. The van der Waals surface area contributed by atoms with Crippen LogP contribution in [-0.2, 0) is 6.42 Å². The number of benzene rings is 1. The molecule has 19 heavy (non-hydrogen) atoms. The average Bonchev–Trinajstić information content (AvgIpc) is 2.46. The van der Waals surface area contributed by atoms with Gasteiger partial charge in [0.15, 0.2) is 0 Å². The third-order valence-electron chi connectivity index (χ3n) is 3.59. The van der Waals surface area contributed by atoms with Gasteiger partial charge < -0.3 is 10.1 Å². The summed E-state index contributed by atoms with van der Waals surface area (Å²) in [6.45, 7) is 2.36. The minimum Gasteiger partial charge on any atom is -0.497 e. The molecule has 3 unspecified atom stereocenters. The quantitative estimate of drug-likeness (QED) is 0.901. The standard InChI is InChI=1S/C15H23NOS2/c1-11-15(19-8-7-18-11)14(16-2)10-12-5-4-6-13(9-12)17-3/h4-6,9,11,14-16H,7-8,10H2,1-3H3. The van der Waals surface area contributed by atoms with Gasteiger partial charge in [0.05, 0.1) is 7.11 Å². The fraction of sp³-hybridized carbons (Fsp3) is 0.600. The summed E-state index contributed by atoms with van der Waals surface area (Å²) in [5.74, 6) is 3.51. The van der Waals surface area contributed by atoms with Gasteiger partial charge in [-0.15, -0.1) is 0 Å². The molecule has 1 heterocycles. The number of likely N-dealkylation sites (N-methyl/N-ethyl adjacent to an activating group) is 1. The summed E-state index contributed by atoms with van der Waals surface area (Å²) in [7, 11) is 3.81. The summed E-state index contributed by atoms with van der Waals surface area (Å²) in [5, 5.41) is 4.93. The maximum Gasteiger partial charge on any atom is 0.119 e. The van der Waals surface area contributed by atoms with Crippen molar-refractivity contribution in [2.24, 2.45) is 0 Å². The highest BCUT2D eigenvalue weighted by Crippen LogP contribution is 2.34. The molecule has 1 saturated heterocycles. The first-order chi connectivity index (χ1) is 9.24. The van der Waals surface area contributed by atoms with Crippen LogP contribution in [0.4, 0.5) is 0 Å². The smallest absolute Gasteiger partial charge is 0.119 e. The molecule has 1 fully saturated rings. The van der Waals surface area contributed by atoms with Crippen LogP contribution in [0.3, 0.4) is 0 Å². The fourth-order valence-corrected chi connectivity index (χ4v) is 5.53. The van der Waals surface area contributed by atoms with Gasteiger partial charge in [0, 0.05) is 28.0 Å². The maximum atomic E-state index is 5.31. The Labute approximate surface area is 125 Å². The minimum absolute atomic E-state index is 0.528. The van der Waals surface area contributed by atoms with E-state index in [9.17, 15) is 0 Å². The Bertz CT molecular complexity index is 399. The van der Waals surface area contributed by atoms with Crippen molar-refractivity contribution in [3.05, 3.63) is 29.8 Å². The summed E-state index contributed by atoms with van der Waals surface area (Å²) in [5.41, 5.74) is 1.35. The van der Waals surface area contributed by atoms with Crippen LogP contribution in [0.1, 0.15) is 12.5 Å². The molecule has 0 aliphatic carbocycles. The lowest BCUT2D eigenvalue weighted by Gasteiger charge is -2.34. The van der Waals surface area contributed by atoms with E-state index >= 15 is 0 Å². The second kappa shape index (κ2) is 7.46. The largest absolute Gasteiger partial charge is 0.497 e. The number of ether oxygens (including phenoxy) is 1. The molecule has 1 aromatic rings. The van der Waals surface area contributed by atoms with Crippen molar-refractivity contribution < 1.29 is 4.74 Å². The minimum atomic E-state index is 0.528. The van der Waals surface area contributed by atoms with Crippen molar-refractivity contribution in [3.8, 4) is 5.75 Å². The molecule has 0 spiro atoms. The Balaban J connectivity index is 2.05. The van der Waals surface area contributed by atoms with E-state index in [1.165, 1.54) is 17.1 Å². The van der Waals surface area contributed by atoms with Crippen molar-refractivity contribution in [1.82, 2.24) is 5.32 Å². The second-order valence-electron chi connectivity index (χ2n) is 4.86. The molecule has 4 heteroatoms. The van der Waals surface area contributed by atoms with E-state index in [4.69, 9.17) is 4.74 Å². The molecule has 1 N–H and O–H groups in total. The van der Waals surface area contributed by atoms with E-state index in [1.54, 1.807) is 7.11 Å². The van der Waals surface area contributed by atoms with Crippen LogP contribution in [0.15, 0.2) is 24.3 Å². The number of methoxy groups -OCH3 is 1. The second-order valence-corrected chi connectivity index (χ2v) is 7.63. The van der Waals surface area contributed by atoms with E-state index in [2.05, 4.69) is 61.0 Å². The third-order valence-corrected chi connectivity index (χ3v) is 6.85. The van der Waals surface area contributed by atoms with Crippen molar-refractivity contribution >= 4 is 23.5 Å². The van der Waals surface area contributed by atoms with Gasteiger partial charge in [-0.3, -0.25) is 0 Å². The molecular weight excluding hydrogens is 274 g/mol. The molecule has 3 atom stereocenters. The zero-order chi connectivity index (χ0) is 13.7. The van der Waals surface area contributed by atoms with Gasteiger partial charge in [-0.05, 0) is 31.2 Å². The number of rotatable bonds is 5. The molecule has 1 aromatic carbocycles. The lowest BCUT2D eigenvalue weighted by Crippen LogP contribution is -2.44. The van der Waals surface area contributed by atoms with Gasteiger partial charge in [-0.25, -0.2) is 0 Å². The van der Waals surface area contributed by atoms with Gasteiger partial charge in [-0.1, -0.05) is 19.1 Å². The van der Waals surface area contributed by atoms with Crippen LogP contribution in [0.25, 0.3) is 0 Å². The van der Waals surface area contributed by atoms with Crippen LogP contribution in [-0.4, -0.2) is 42.2 Å². The van der Waals surface area contributed by atoms with Crippen LogP contribution < -0.4 is 10.1 Å². The first kappa shape index (κ1) is 15.1. The van der Waals surface area contributed by atoms with Crippen LogP contribution >= 0.6 is 23.5 Å². The molecule has 1 aliphatic heterocycles. The first-order valence-corrected chi connectivity index (χ1v) is 8.87. The monoisotopic (exact) mass is 297 g/mol. The lowest BCUT2D eigenvalue weighted by molar-refractivity contribution is 0.413. The van der Waals surface area contributed by atoms with Gasteiger partial charge >= 0.3 is 0 Å². The molecule has 2 rings (SSSR count). The Morgan fingerprint density at radius 1 is 1.37 bits per heavy atom. The SMILES string of the molecule is CNC(Cc1cccc(OC)c1)C1SCCSC1C. The van der Waals surface area contributed by atoms with E-state index in [0.717, 1.165) is 17.4 Å². The first-order valence-electron chi connectivity index (χ1n) is 6.78. The Hall–Kier alpha value is -0.320. The van der Waals surface area contributed by atoms with E-state index < -0.39 is 0 Å². The van der Waals surface area contributed by atoms with Crippen molar-refractivity contribution in [2.45, 2.75) is 29.9 Å². The van der Waals surface area contributed by atoms with Crippen LogP contribution in [0.2, 0.25) is 0 Å². The predicted octanol–water partition coefficient (Wildman–Crippen LogP) is 3.06. The van der Waals surface area contributed by atoms with Gasteiger partial charge in [0.2, 0.25) is 0 Å². The van der Waals surface area contributed by atoms with Crippen LogP contribution in [0.5, 0.6) is 5.75 Å². The zero-order valence-corrected chi connectivity index (χ0v) is 13.5. The molecule has 0 amide bonds. The molecule has 0 radical (unpaired) electrons. The highest BCUT2D eigenvalue weighted by Gasteiger charge is 2.29.